The minimum atomic E-state index is -1.53. The molecule has 0 saturated heterocycles. The molecule has 1 aliphatic carbocycles. The lowest BCUT2D eigenvalue weighted by Crippen LogP contribution is -2.32. The first kappa shape index (κ1) is 16.6. The van der Waals surface area contributed by atoms with Crippen molar-refractivity contribution in [2.75, 3.05) is 10.6 Å². The molecule has 0 bridgehead atoms. The third-order valence-corrected chi connectivity index (χ3v) is 4.75. The molecule has 8 heteroatoms. The first-order chi connectivity index (χ1) is 13.6. The van der Waals surface area contributed by atoms with Gasteiger partial charge in [0.25, 0.3) is 11.8 Å². The molecule has 1 fully saturated rings. The number of benzodiazepines with no additional fused rings is 1. The summed E-state index contributed by atoms with van der Waals surface area (Å²) in [6.07, 6.45) is -0.278. The Morgan fingerprint density at radius 2 is 1.82 bits per heavy atom. The number of alkyl halides is 1. The molecule has 0 unspecified atom stereocenters. The molecule has 1 amide bonds. The lowest BCUT2D eigenvalue weighted by atomic mass is 10.0. The topological polar surface area (TPSA) is 92.4 Å². The Hall–Kier alpha value is -3.55. The van der Waals surface area contributed by atoms with Crippen LogP contribution in [-0.4, -0.2) is 28.0 Å². The SMILES string of the molecule is O=C1Nc2ccccc2C(c2ccccc2)=N[C@@H]1Nc1nnc(C2(F)CC2)o1. The number of aromatic nitrogens is 2. The van der Waals surface area contributed by atoms with E-state index >= 15 is 0 Å². The monoisotopic (exact) mass is 377 g/mol. The maximum Gasteiger partial charge on any atom is 0.317 e. The van der Waals surface area contributed by atoms with Gasteiger partial charge in [0.2, 0.25) is 6.17 Å². The lowest BCUT2D eigenvalue weighted by Gasteiger charge is -2.11. The highest BCUT2D eigenvalue weighted by Gasteiger charge is 2.50. The molecule has 0 radical (unpaired) electrons. The number of fused-ring (bicyclic) bond motifs is 1. The molecule has 1 aromatic heterocycles. The number of hydrogen-bond acceptors (Lipinski definition) is 6. The first-order valence-corrected chi connectivity index (χ1v) is 8.95. The fourth-order valence-corrected chi connectivity index (χ4v) is 3.08. The van der Waals surface area contributed by atoms with E-state index in [1.807, 2.05) is 54.6 Å². The molecule has 1 saturated carbocycles. The lowest BCUT2D eigenvalue weighted by molar-refractivity contribution is -0.116. The molecular weight excluding hydrogens is 361 g/mol. The second-order valence-electron chi connectivity index (χ2n) is 6.80. The van der Waals surface area contributed by atoms with E-state index in [1.54, 1.807) is 0 Å². The van der Waals surface area contributed by atoms with Gasteiger partial charge >= 0.3 is 6.01 Å². The summed E-state index contributed by atoms with van der Waals surface area (Å²) in [5, 5.41) is 13.2. The van der Waals surface area contributed by atoms with Gasteiger partial charge in [-0.1, -0.05) is 53.6 Å². The average molecular weight is 377 g/mol. The van der Waals surface area contributed by atoms with Crippen LogP contribution in [-0.2, 0) is 10.5 Å². The highest BCUT2D eigenvalue weighted by Crippen LogP contribution is 2.49. The maximum absolute atomic E-state index is 14.1. The van der Waals surface area contributed by atoms with Crippen molar-refractivity contribution in [2.24, 2.45) is 4.99 Å². The van der Waals surface area contributed by atoms with Crippen LogP contribution in [0.25, 0.3) is 0 Å². The van der Waals surface area contributed by atoms with Crippen LogP contribution in [0.2, 0.25) is 0 Å². The fraction of sp³-hybridized carbons (Fsp3) is 0.200. The summed E-state index contributed by atoms with van der Waals surface area (Å²) < 4.78 is 19.5. The normalized spacial score (nSPS) is 19.8. The van der Waals surface area contributed by atoms with Gasteiger partial charge in [-0.05, 0) is 18.9 Å². The van der Waals surface area contributed by atoms with Crippen LogP contribution in [0.1, 0.15) is 29.9 Å². The molecule has 140 valence electrons. The third kappa shape index (κ3) is 2.92. The Morgan fingerprint density at radius 1 is 1.07 bits per heavy atom. The quantitative estimate of drug-likeness (QED) is 0.728. The summed E-state index contributed by atoms with van der Waals surface area (Å²) in [6.45, 7) is 0. The highest BCUT2D eigenvalue weighted by molar-refractivity contribution is 6.19. The number of anilines is 2. The van der Waals surface area contributed by atoms with Gasteiger partial charge in [-0.25, -0.2) is 9.38 Å². The minimum Gasteiger partial charge on any atom is -0.405 e. The van der Waals surface area contributed by atoms with Gasteiger partial charge < -0.3 is 15.1 Å². The number of benzene rings is 2. The van der Waals surface area contributed by atoms with E-state index in [0.29, 0.717) is 24.2 Å². The number of aliphatic imine (C=N–C) groups is 1. The second-order valence-corrected chi connectivity index (χ2v) is 6.80. The van der Waals surface area contributed by atoms with E-state index in [4.69, 9.17) is 4.42 Å². The van der Waals surface area contributed by atoms with Crippen molar-refractivity contribution >= 4 is 23.3 Å². The molecule has 1 aliphatic heterocycles. The Labute approximate surface area is 159 Å². The molecule has 28 heavy (non-hydrogen) atoms. The summed E-state index contributed by atoms with van der Waals surface area (Å²) in [6, 6.07) is 17.0. The molecule has 5 rings (SSSR count). The zero-order chi connectivity index (χ0) is 19.1. The molecule has 7 nitrogen and oxygen atoms in total. The number of nitrogens with zero attached hydrogens (tertiary/aromatic N) is 3. The Balaban J connectivity index is 1.53. The number of rotatable bonds is 4. The zero-order valence-corrected chi connectivity index (χ0v) is 14.7. The van der Waals surface area contributed by atoms with E-state index in [9.17, 15) is 9.18 Å². The Bertz CT molecular complexity index is 1070. The summed E-state index contributed by atoms with van der Waals surface area (Å²) in [7, 11) is 0. The Morgan fingerprint density at radius 3 is 2.61 bits per heavy atom. The van der Waals surface area contributed by atoms with Crippen molar-refractivity contribution in [3.8, 4) is 0 Å². The van der Waals surface area contributed by atoms with Gasteiger partial charge in [0.05, 0.1) is 11.4 Å². The van der Waals surface area contributed by atoms with E-state index in [0.717, 1.165) is 11.1 Å². The van der Waals surface area contributed by atoms with Crippen LogP contribution in [0.4, 0.5) is 16.1 Å². The standard InChI is InChI=1S/C20H16FN5O2/c21-20(10-11-20)18-25-26-19(28-18)24-16-17(27)22-14-9-5-4-8-13(14)15(23-16)12-6-2-1-3-7-12/h1-9,16H,10-11H2,(H,22,27)(H,24,26)/t16-/m1/s1. The first-order valence-electron chi connectivity index (χ1n) is 8.95. The van der Waals surface area contributed by atoms with Crippen LogP contribution < -0.4 is 10.6 Å². The zero-order valence-electron chi connectivity index (χ0n) is 14.7. The summed E-state index contributed by atoms with van der Waals surface area (Å²) in [4.78, 5) is 17.4. The number of carbonyl (C=O) groups excluding carboxylic acids is 1. The predicted molar refractivity (Wildman–Crippen MR) is 101 cm³/mol. The van der Waals surface area contributed by atoms with Crippen LogP contribution >= 0.6 is 0 Å². The highest BCUT2D eigenvalue weighted by atomic mass is 19.1. The van der Waals surface area contributed by atoms with Crippen molar-refractivity contribution in [1.29, 1.82) is 0 Å². The molecule has 2 heterocycles. The van der Waals surface area contributed by atoms with Crippen LogP contribution in [0.5, 0.6) is 0 Å². The average Bonchev–Trinajstić information content (AvgIpc) is 3.32. The minimum absolute atomic E-state index is 0.0406. The van der Waals surface area contributed by atoms with E-state index < -0.39 is 11.8 Å². The molecule has 2 aliphatic rings. The number of para-hydroxylation sites is 1. The van der Waals surface area contributed by atoms with Crippen molar-refractivity contribution in [2.45, 2.75) is 24.7 Å². The molecule has 2 N–H and O–H groups in total. The van der Waals surface area contributed by atoms with Crippen molar-refractivity contribution in [3.05, 3.63) is 71.6 Å². The summed E-state index contributed by atoms with van der Waals surface area (Å²) >= 11 is 0. The predicted octanol–water partition coefficient (Wildman–Crippen LogP) is 3.26. The number of amides is 1. The second kappa shape index (κ2) is 6.26. The largest absolute Gasteiger partial charge is 0.405 e. The molecular formula is C20H16FN5O2. The number of carbonyl (C=O) groups is 1. The molecule has 2 aromatic carbocycles. The molecule has 1 atom stereocenters. The van der Waals surface area contributed by atoms with Crippen molar-refractivity contribution < 1.29 is 13.6 Å². The number of halogens is 1. The smallest absolute Gasteiger partial charge is 0.317 e. The van der Waals surface area contributed by atoms with Crippen molar-refractivity contribution in [3.63, 3.8) is 0 Å². The van der Waals surface area contributed by atoms with E-state index in [2.05, 4.69) is 25.8 Å². The van der Waals surface area contributed by atoms with Crippen LogP contribution in [0, 0.1) is 0 Å². The maximum atomic E-state index is 14.1. The van der Waals surface area contributed by atoms with Crippen LogP contribution in [0.3, 0.4) is 0 Å². The van der Waals surface area contributed by atoms with E-state index in [1.165, 1.54) is 0 Å². The number of hydrogen-bond donors (Lipinski definition) is 2. The fourth-order valence-electron chi connectivity index (χ4n) is 3.08. The van der Waals surface area contributed by atoms with Gasteiger partial charge in [0, 0.05) is 11.1 Å². The van der Waals surface area contributed by atoms with Gasteiger partial charge in [-0.15, -0.1) is 5.10 Å². The van der Waals surface area contributed by atoms with Gasteiger partial charge in [0.1, 0.15) is 0 Å². The van der Waals surface area contributed by atoms with E-state index in [-0.39, 0.29) is 17.8 Å². The van der Waals surface area contributed by atoms with Gasteiger partial charge in [-0.2, -0.15) is 0 Å². The van der Waals surface area contributed by atoms with Crippen LogP contribution in [0.15, 0.2) is 64.0 Å². The summed E-state index contributed by atoms with van der Waals surface area (Å²) in [5.74, 6) is -0.445. The van der Waals surface area contributed by atoms with Gasteiger partial charge in [0.15, 0.2) is 5.67 Å². The molecule has 3 aromatic rings. The summed E-state index contributed by atoms with van der Waals surface area (Å²) in [5.41, 5.74) is 1.44. The molecule has 0 spiro atoms. The van der Waals surface area contributed by atoms with Crippen molar-refractivity contribution in [1.82, 2.24) is 10.2 Å². The third-order valence-electron chi connectivity index (χ3n) is 4.75. The Kier molecular flexibility index (Phi) is 3.71. The van der Waals surface area contributed by atoms with Gasteiger partial charge in [-0.3, -0.25) is 4.79 Å². The number of nitrogens with one attached hydrogen (secondary N) is 2.